The van der Waals surface area contributed by atoms with Crippen LogP contribution in [0.2, 0.25) is 0 Å². The molecular formula is C13H12O4. The second-order valence-electron chi connectivity index (χ2n) is 3.80. The Kier molecular flexibility index (Phi) is 2.95. The van der Waals surface area contributed by atoms with Gasteiger partial charge in [0.2, 0.25) is 0 Å². The molecule has 1 atom stereocenters. The molecule has 0 aromatic heterocycles. The summed E-state index contributed by atoms with van der Waals surface area (Å²) in [5.41, 5.74) is 1.22. The molecule has 1 heterocycles. The van der Waals surface area contributed by atoms with E-state index in [9.17, 15) is 9.59 Å². The number of cyclic esters (lactones) is 2. The number of methoxy groups -OCH3 is 1. The quantitative estimate of drug-likeness (QED) is 0.443. The Morgan fingerprint density at radius 2 is 1.88 bits per heavy atom. The second kappa shape index (κ2) is 4.41. The minimum absolute atomic E-state index is 0.389. The Morgan fingerprint density at radius 1 is 1.24 bits per heavy atom. The van der Waals surface area contributed by atoms with E-state index in [1.807, 2.05) is 12.1 Å². The van der Waals surface area contributed by atoms with Crippen molar-refractivity contribution in [3.63, 3.8) is 0 Å². The predicted molar refractivity (Wildman–Crippen MR) is 61.2 cm³/mol. The van der Waals surface area contributed by atoms with Gasteiger partial charge in [-0.2, -0.15) is 0 Å². The Hall–Kier alpha value is -2.10. The third-order valence-electron chi connectivity index (χ3n) is 2.69. The van der Waals surface area contributed by atoms with Crippen LogP contribution in [-0.2, 0) is 14.3 Å². The number of benzene rings is 1. The zero-order valence-corrected chi connectivity index (χ0v) is 9.60. The normalized spacial score (nSPS) is 21.8. The molecule has 1 aliphatic heterocycles. The minimum Gasteiger partial charge on any atom is -0.497 e. The smallest absolute Gasteiger partial charge is 0.342 e. The number of rotatable bonds is 2. The molecule has 1 unspecified atom stereocenters. The van der Waals surface area contributed by atoms with Crippen LogP contribution in [0.4, 0.5) is 0 Å². The highest BCUT2D eigenvalue weighted by atomic mass is 16.6. The fourth-order valence-electron chi connectivity index (χ4n) is 1.61. The van der Waals surface area contributed by atoms with Gasteiger partial charge in [-0.1, -0.05) is 12.1 Å². The van der Waals surface area contributed by atoms with E-state index >= 15 is 0 Å². The predicted octanol–water partition coefficient (Wildman–Crippen LogP) is 1.80. The van der Waals surface area contributed by atoms with E-state index in [0.717, 1.165) is 11.3 Å². The molecular weight excluding hydrogens is 220 g/mol. The highest BCUT2D eigenvalue weighted by molar-refractivity contribution is 6.10. The van der Waals surface area contributed by atoms with Crippen molar-refractivity contribution in [2.45, 2.75) is 6.92 Å². The minimum atomic E-state index is -0.557. The maximum absolute atomic E-state index is 11.4. The lowest BCUT2D eigenvalue weighted by molar-refractivity contribution is -0.152. The highest BCUT2D eigenvalue weighted by Crippen LogP contribution is 2.25. The molecule has 0 spiro atoms. The summed E-state index contributed by atoms with van der Waals surface area (Å²) >= 11 is 0. The molecule has 1 saturated heterocycles. The van der Waals surface area contributed by atoms with Crippen LogP contribution < -0.4 is 4.74 Å². The van der Waals surface area contributed by atoms with Crippen LogP contribution in [-0.4, -0.2) is 19.0 Å². The summed E-state index contributed by atoms with van der Waals surface area (Å²) in [4.78, 5) is 22.6. The molecule has 0 saturated carbocycles. The van der Waals surface area contributed by atoms with E-state index in [4.69, 9.17) is 4.74 Å². The van der Waals surface area contributed by atoms with Crippen LogP contribution >= 0.6 is 0 Å². The van der Waals surface area contributed by atoms with E-state index in [1.165, 1.54) is 0 Å². The van der Waals surface area contributed by atoms with E-state index in [0.29, 0.717) is 5.57 Å². The van der Waals surface area contributed by atoms with Gasteiger partial charge in [0.1, 0.15) is 5.75 Å². The summed E-state index contributed by atoms with van der Waals surface area (Å²) in [6.07, 6.45) is 1.66. The number of hydrogen-bond acceptors (Lipinski definition) is 4. The lowest BCUT2D eigenvalue weighted by Crippen LogP contribution is -2.03. The van der Waals surface area contributed by atoms with Crippen molar-refractivity contribution in [1.82, 2.24) is 0 Å². The summed E-state index contributed by atoms with van der Waals surface area (Å²) in [5, 5.41) is 0. The van der Waals surface area contributed by atoms with Gasteiger partial charge in [-0.05, 0) is 30.7 Å². The molecule has 0 amide bonds. The number of carbonyl (C=O) groups is 2. The highest BCUT2D eigenvalue weighted by Gasteiger charge is 2.35. The zero-order valence-electron chi connectivity index (χ0n) is 9.60. The maximum Gasteiger partial charge on any atom is 0.342 e. The van der Waals surface area contributed by atoms with Gasteiger partial charge in [0, 0.05) is 0 Å². The summed E-state index contributed by atoms with van der Waals surface area (Å²) in [7, 11) is 1.59. The van der Waals surface area contributed by atoms with Crippen molar-refractivity contribution in [2.24, 2.45) is 5.92 Å². The molecule has 1 aromatic carbocycles. The van der Waals surface area contributed by atoms with Crippen LogP contribution in [0, 0.1) is 5.92 Å². The zero-order chi connectivity index (χ0) is 12.4. The van der Waals surface area contributed by atoms with Gasteiger partial charge in [0.05, 0.1) is 18.6 Å². The third-order valence-corrected chi connectivity index (χ3v) is 2.69. The number of ether oxygens (including phenoxy) is 2. The van der Waals surface area contributed by atoms with Crippen LogP contribution in [0.15, 0.2) is 29.8 Å². The molecule has 2 rings (SSSR count). The molecule has 1 aliphatic rings. The summed E-state index contributed by atoms with van der Waals surface area (Å²) in [5.74, 6) is -0.803. The molecule has 4 heteroatoms. The van der Waals surface area contributed by atoms with Gasteiger partial charge in [0.25, 0.3) is 0 Å². The van der Waals surface area contributed by atoms with Gasteiger partial charge in [-0.15, -0.1) is 0 Å². The maximum atomic E-state index is 11.4. The lowest BCUT2D eigenvalue weighted by atomic mass is 10.0. The van der Waals surface area contributed by atoms with Crippen molar-refractivity contribution in [3.8, 4) is 5.75 Å². The molecule has 88 valence electrons. The first kappa shape index (κ1) is 11.4. The fourth-order valence-corrected chi connectivity index (χ4v) is 1.61. The van der Waals surface area contributed by atoms with Crippen LogP contribution in [0.3, 0.4) is 0 Å². The van der Waals surface area contributed by atoms with Crippen molar-refractivity contribution < 1.29 is 19.1 Å². The fraction of sp³-hybridized carbons (Fsp3) is 0.231. The molecule has 0 bridgehead atoms. The summed E-state index contributed by atoms with van der Waals surface area (Å²) < 4.78 is 9.56. The van der Waals surface area contributed by atoms with Crippen molar-refractivity contribution >= 4 is 18.0 Å². The Labute approximate surface area is 98.8 Å². The molecule has 1 fully saturated rings. The molecule has 0 radical (unpaired) electrons. The van der Waals surface area contributed by atoms with Crippen LogP contribution in [0.1, 0.15) is 12.5 Å². The Morgan fingerprint density at radius 3 is 2.35 bits per heavy atom. The summed E-state index contributed by atoms with van der Waals surface area (Å²) in [6.45, 7) is 1.66. The van der Waals surface area contributed by atoms with Crippen molar-refractivity contribution in [1.29, 1.82) is 0 Å². The number of hydrogen-bond donors (Lipinski definition) is 0. The van der Waals surface area contributed by atoms with Gasteiger partial charge in [0.15, 0.2) is 0 Å². The molecule has 1 aromatic rings. The summed E-state index contributed by atoms with van der Waals surface area (Å²) in [6, 6.07) is 7.21. The topological polar surface area (TPSA) is 52.6 Å². The molecule has 4 nitrogen and oxygen atoms in total. The number of carbonyl (C=O) groups excluding carboxylic acids is 2. The third kappa shape index (κ3) is 2.20. The van der Waals surface area contributed by atoms with Crippen molar-refractivity contribution in [2.75, 3.05) is 7.11 Å². The van der Waals surface area contributed by atoms with Gasteiger partial charge in [-0.3, -0.25) is 4.79 Å². The molecule has 0 N–H and O–H groups in total. The van der Waals surface area contributed by atoms with Gasteiger partial charge >= 0.3 is 11.9 Å². The SMILES string of the molecule is COc1ccc(C=C2C(=O)OC(=O)C2C)cc1. The van der Waals surface area contributed by atoms with Gasteiger partial charge in [-0.25, -0.2) is 4.79 Å². The average molecular weight is 232 g/mol. The van der Waals surface area contributed by atoms with E-state index < -0.39 is 17.9 Å². The Bertz CT molecular complexity index is 485. The van der Waals surface area contributed by atoms with Crippen LogP contribution in [0.5, 0.6) is 5.75 Å². The molecule has 0 aliphatic carbocycles. The molecule has 17 heavy (non-hydrogen) atoms. The second-order valence-corrected chi connectivity index (χ2v) is 3.80. The standard InChI is InChI=1S/C13H12O4/c1-8-11(13(15)17-12(8)14)7-9-3-5-10(16-2)6-4-9/h3-8H,1-2H3. The first-order valence-electron chi connectivity index (χ1n) is 5.23. The first-order valence-corrected chi connectivity index (χ1v) is 5.23. The van der Waals surface area contributed by atoms with E-state index in [1.54, 1.807) is 32.2 Å². The largest absolute Gasteiger partial charge is 0.497 e. The average Bonchev–Trinajstić information content (AvgIpc) is 2.57. The van der Waals surface area contributed by atoms with Crippen LogP contribution in [0.25, 0.3) is 6.08 Å². The first-order chi connectivity index (χ1) is 8.11. The van der Waals surface area contributed by atoms with Crippen molar-refractivity contribution in [3.05, 3.63) is 35.4 Å². The van der Waals surface area contributed by atoms with E-state index in [-0.39, 0.29) is 0 Å². The number of esters is 2. The lowest BCUT2D eigenvalue weighted by Gasteiger charge is -2.01. The van der Waals surface area contributed by atoms with E-state index in [2.05, 4.69) is 4.74 Å². The Balaban J connectivity index is 2.29. The monoisotopic (exact) mass is 232 g/mol. The van der Waals surface area contributed by atoms with Gasteiger partial charge < -0.3 is 9.47 Å².